The van der Waals surface area contributed by atoms with Gasteiger partial charge in [-0.15, -0.1) is 0 Å². The molecule has 0 aromatic heterocycles. The normalized spacial score (nSPS) is 30.1. The van der Waals surface area contributed by atoms with Crippen molar-refractivity contribution in [2.45, 2.75) is 50.7 Å². The second-order valence-corrected chi connectivity index (χ2v) is 5.50. The van der Waals surface area contributed by atoms with E-state index in [0.717, 1.165) is 25.7 Å². The Balaban J connectivity index is 2.54. The van der Waals surface area contributed by atoms with Gasteiger partial charge in [0.15, 0.2) is 0 Å². The standard InChI is InChI=1S/C11H17BrF3NO/c1-8-2-4-10(7-12,5-3-8)16-9(17)6-11(13,14)15/h8H,2-7H2,1H3,(H,16,17). The number of carbonyl (C=O) groups is 1. The first kappa shape index (κ1) is 14.8. The number of nitrogens with one attached hydrogen (secondary N) is 1. The molecule has 0 aromatic carbocycles. The van der Waals surface area contributed by atoms with Crippen molar-refractivity contribution >= 4 is 21.8 Å². The molecule has 0 heterocycles. The molecule has 1 N–H and O–H groups in total. The maximum atomic E-state index is 12.1. The van der Waals surface area contributed by atoms with E-state index in [9.17, 15) is 18.0 Å². The fraction of sp³-hybridized carbons (Fsp3) is 0.909. The average Bonchev–Trinajstić information content (AvgIpc) is 2.19. The first-order valence-electron chi connectivity index (χ1n) is 5.70. The van der Waals surface area contributed by atoms with Crippen LogP contribution in [-0.2, 0) is 4.79 Å². The highest BCUT2D eigenvalue weighted by Crippen LogP contribution is 2.33. The summed E-state index contributed by atoms with van der Waals surface area (Å²) in [6.07, 6.45) is -2.46. The molecule has 1 saturated carbocycles. The third-order valence-electron chi connectivity index (χ3n) is 3.25. The topological polar surface area (TPSA) is 29.1 Å². The molecule has 6 heteroatoms. The van der Waals surface area contributed by atoms with Gasteiger partial charge in [-0.05, 0) is 31.6 Å². The minimum Gasteiger partial charge on any atom is -0.350 e. The van der Waals surface area contributed by atoms with Crippen LogP contribution in [-0.4, -0.2) is 23.0 Å². The molecule has 0 saturated heterocycles. The number of alkyl halides is 4. The number of hydrogen-bond acceptors (Lipinski definition) is 1. The van der Waals surface area contributed by atoms with Crippen LogP contribution in [0.4, 0.5) is 13.2 Å². The highest BCUT2D eigenvalue weighted by molar-refractivity contribution is 9.09. The van der Waals surface area contributed by atoms with Crippen LogP contribution >= 0.6 is 15.9 Å². The van der Waals surface area contributed by atoms with Crippen molar-refractivity contribution in [2.75, 3.05) is 5.33 Å². The Labute approximate surface area is 107 Å². The van der Waals surface area contributed by atoms with Gasteiger partial charge in [-0.3, -0.25) is 4.79 Å². The molecule has 0 aromatic rings. The maximum Gasteiger partial charge on any atom is 0.397 e. The zero-order chi connectivity index (χ0) is 13.1. The van der Waals surface area contributed by atoms with Crippen LogP contribution < -0.4 is 5.32 Å². The fourth-order valence-electron chi connectivity index (χ4n) is 2.13. The summed E-state index contributed by atoms with van der Waals surface area (Å²) in [5.74, 6) is -0.340. The lowest BCUT2D eigenvalue weighted by atomic mass is 9.78. The molecule has 0 bridgehead atoms. The molecule has 0 spiro atoms. The Kier molecular flexibility index (Phi) is 4.86. The van der Waals surface area contributed by atoms with E-state index in [4.69, 9.17) is 0 Å². The minimum atomic E-state index is -4.43. The van der Waals surface area contributed by atoms with Crippen LogP contribution in [0.2, 0.25) is 0 Å². The Morgan fingerprint density at radius 2 is 1.94 bits per heavy atom. The van der Waals surface area contributed by atoms with Gasteiger partial charge in [0.25, 0.3) is 0 Å². The van der Waals surface area contributed by atoms with E-state index in [2.05, 4.69) is 28.2 Å². The molecule has 0 radical (unpaired) electrons. The number of halogens is 4. The van der Waals surface area contributed by atoms with E-state index in [1.54, 1.807) is 0 Å². The Morgan fingerprint density at radius 1 is 1.41 bits per heavy atom. The van der Waals surface area contributed by atoms with Gasteiger partial charge in [0.05, 0.1) is 0 Å². The van der Waals surface area contributed by atoms with Gasteiger partial charge in [0.2, 0.25) is 5.91 Å². The van der Waals surface area contributed by atoms with Crippen molar-refractivity contribution in [1.82, 2.24) is 5.32 Å². The summed E-state index contributed by atoms with van der Waals surface area (Å²) in [4.78, 5) is 11.3. The van der Waals surface area contributed by atoms with Gasteiger partial charge < -0.3 is 5.32 Å². The summed E-state index contributed by atoms with van der Waals surface area (Å²) in [6.45, 7) is 2.12. The van der Waals surface area contributed by atoms with Crippen molar-refractivity contribution in [3.63, 3.8) is 0 Å². The third kappa shape index (κ3) is 4.85. The molecule has 17 heavy (non-hydrogen) atoms. The SMILES string of the molecule is CC1CCC(CBr)(NC(=O)CC(F)(F)F)CC1. The van der Waals surface area contributed by atoms with Crippen LogP contribution in [0.25, 0.3) is 0 Å². The molecular formula is C11H17BrF3NO. The Hall–Kier alpha value is -0.260. The van der Waals surface area contributed by atoms with Crippen molar-refractivity contribution in [2.24, 2.45) is 5.92 Å². The monoisotopic (exact) mass is 315 g/mol. The molecule has 100 valence electrons. The fourth-order valence-corrected chi connectivity index (χ4v) is 2.83. The van der Waals surface area contributed by atoms with Gasteiger partial charge in [0.1, 0.15) is 6.42 Å². The second-order valence-electron chi connectivity index (χ2n) is 4.94. The van der Waals surface area contributed by atoms with Crippen molar-refractivity contribution in [1.29, 1.82) is 0 Å². The van der Waals surface area contributed by atoms with Crippen LogP contribution in [0.3, 0.4) is 0 Å². The van der Waals surface area contributed by atoms with Crippen LogP contribution in [0, 0.1) is 5.92 Å². The largest absolute Gasteiger partial charge is 0.397 e. The van der Waals surface area contributed by atoms with Crippen LogP contribution in [0.1, 0.15) is 39.0 Å². The number of carbonyl (C=O) groups excluding carboxylic acids is 1. The maximum absolute atomic E-state index is 12.1. The van der Waals surface area contributed by atoms with E-state index in [1.807, 2.05) is 0 Å². The Morgan fingerprint density at radius 3 is 2.35 bits per heavy atom. The number of rotatable bonds is 3. The average molecular weight is 316 g/mol. The highest BCUT2D eigenvalue weighted by atomic mass is 79.9. The van der Waals surface area contributed by atoms with E-state index in [-0.39, 0.29) is 0 Å². The molecule has 2 nitrogen and oxygen atoms in total. The number of amides is 1. The summed E-state index contributed by atoms with van der Waals surface area (Å²) in [6, 6.07) is 0. The molecule has 0 unspecified atom stereocenters. The molecule has 1 fully saturated rings. The van der Waals surface area contributed by atoms with Crippen molar-refractivity contribution in [3.8, 4) is 0 Å². The summed E-state index contributed by atoms with van der Waals surface area (Å²) in [5, 5.41) is 3.06. The van der Waals surface area contributed by atoms with Gasteiger partial charge in [-0.1, -0.05) is 22.9 Å². The van der Waals surface area contributed by atoms with Crippen LogP contribution in [0.5, 0.6) is 0 Å². The van der Waals surface area contributed by atoms with E-state index < -0.39 is 24.0 Å². The van der Waals surface area contributed by atoms with Crippen LogP contribution in [0.15, 0.2) is 0 Å². The second kappa shape index (κ2) is 5.59. The lowest BCUT2D eigenvalue weighted by Gasteiger charge is -2.39. The molecular weight excluding hydrogens is 299 g/mol. The predicted octanol–water partition coefficient (Wildman–Crippen LogP) is 3.40. The first-order chi connectivity index (χ1) is 7.76. The summed E-state index contributed by atoms with van der Waals surface area (Å²) in [5.41, 5.74) is -0.491. The molecule has 1 aliphatic carbocycles. The molecule has 1 rings (SSSR count). The molecule has 1 amide bonds. The quantitative estimate of drug-likeness (QED) is 0.795. The van der Waals surface area contributed by atoms with E-state index in [0.29, 0.717) is 11.2 Å². The van der Waals surface area contributed by atoms with Gasteiger partial charge in [-0.25, -0.2) is 0 Å². The smallest absolute Gasteiger partial charge is 0.350 e. The summed E-state index contributed by atoms with van der Waals surface area (Å²) >= 11 is 3.30. The lowest BCUT2D eigenvalue weighted by Crippen LogP contribution is -2.52. The third-order valence-corrected chi connectivity index (χ3v) is 4.33. The zero-order valence-corrected chi connectivity index (χ0v) is 11.3. The first-order valence-corrected chi connectivity index (χ1v) is 6.82. The highest BCUT2D eigenvalue weighted by Gasteiger charge is 2.38. The zero-order valence-electron chi connectivity index (χ0n) is 9.74. The van der Waals surface area contributed by atoms with Gasteiger partial charge >= 0.3 is 6.18 Å². The van der Waals surface area contributed by atoms with Crippen molar-refractivity contribution < 1.29 is 18.0 Å². The summed E-state index contributed by atoms with van der Waals surface area (Å²) < 4.78 is 36.2. The van der Waals surface area contributed by atoms with Crippen molar-refractivity contribution in [3.05, 3.63) is 0 Å². The lowest BCUT2D eigenvalue weighted by molar-refractivity contribution is -0.155. The van der Waals surface area contributed by atoms with Gasteiger partial charge in [-0.2, -0.15) is 13.2 Å². The molecule has 1 aliphatic rings. The van der Waals surface area contributed by atoms with Gasteiger partial charge in [0, 0.05) is 10.9 Å². The molecule has 0 aliphatic heterocycles. The van der Waals surface area contributed by atoms with E-state index >= 15 is 0 Å². The molecule has 0 atom stereocenters. The predicted molar refractivity (Wildman–Crippen MR) is 63.0 cm³/mol. The Bertz CT molecular complexity index is 272. The van der Waals surface area contributed by atoms with E-state index in [1.165, 1.54) is 0 Å². The number of hydrogen-bond donors (Lipinski definition) is 1. The summed E-state index contributed by atoms with van der Waals surface area (Å²) in [7, 11) is 0. The minimum absolute atomic E-state index is 0.491.